The molecule has 0 heterocycles. The van der Waals surface area contributed by atoms with Gasteiger partial charge in [0.25, 0.3) is 6.08 Å². The lowest BCUT2D eigenvalue weighted by molar-refractivity contribution is 0.408. The van der Waals surface area contributed by atoms with E-state index in [1.165, 1.54) is 7.11 Å². The molecule has 0 aliphatic carbocycles. The van der Waals surface area contributed by atoms with Crippen LogP contribution < -0.4 is 4.74 Å². The Bertz CT molecular complexity index is 341. The van der Waals surface area contributed by atoms with E-state index in [1.807, 2.05) is 0 Å². The number of allylic oxidation sites excluding steroid dienone is 1. The van der Waals surface area contributed by atoms with Crippen LogP contribution >= 0.6 is 0 Å². The fraction of sp³-hybridized carbons (Fsp3) is 0.273. The van der Waals surface area contributed by atoms with Crippen LogP contribution in [0.1, 0.15) is 18.9 Å². The summed E-state index contributed by atoms with van der Waals surface area (Å²) in [6.07, 6.45) is -1.35. The molecule has 14 heavy (non-hydrogen) atoms. The van der Waals surface area contributed by atoms with Crippen LogP contribution in [0, 0.1) is 0 Å². The van der Waals surface area contributed by atoms with Crippen LogP contribution in [0.4, 0.5) is 8.78 Å². The second-order valence-corrected chi connectivity index (χ2v) is 2.79. The van der Waals surface area contributed by atoms with Crippen LogP contribution in [0.25, 0.3) is 5.57 Å². The molecule has 0 bridgehead atoms. The first kappa shape index (κ1) is 10.7. The van der Waals surface area contributed by atoms with E-state index < -0.39 is 6.08 Å². The molecule has 0 radical (unpaired) electrons. The molecule has 0 amide bonds. The standard InChI is InChI=1S/C11H12F2O/c1-3-8(11(12)13)9-6-4-5-7-10(9)14-2/h4-7H,3H2,1-2H3. The summed E-state index contributed by atoms with van der Waals surface area (Å²) in [5.74, 6) is 0.483. The predicted octanol–water partition coefficient (Wildman–Crippen LogP) is 3.71. The molecular weight excluding hydrogens is 186 g/mol. The van der Waals surface area contributed by atoms with Gasteiger partial charge < -0.3 is 4.74 Å². The monoisotopic (exact) mass is 198 g/mol. The van der Waals surface area contributed by atoms with Gasteiger partial charge in [0.05, 0.1) is 7.11 Å². The highest BCUT2D eigenvalue weighted by Crippen LogP contribution is 2.30. The lowest BCUT2D eigenvalue weighted by Crippen LogP contribution is -1.91. The van der Waals surface area contributed by atoms with Gasteiger partial charge in [-0.2, -0.15) is 8.78 Å². The average Bonchev–Trinajstić information content (AvgIpc) is 2.19. The molecule has 0 unspecified atom stereocenters. The Morgan fingerprint density at radius 3 is 2.43 bits per heavy atom. The number of para-hydroxylation sites is 1. The second-order valence-electron chi connectivity index (χ2n) is 2.79. The van der Waals surface area contributed by atoms with Crippen molar-refractivity contribution in [1.29, 1.82) is 0 Å². The van der Waals surface area contributed by atoms with Gasteiger partial charge in [0, 0.05) is 11.1 Å². The molecule has 0 aliphatic rings. The summed E-state index contributed by atoms with van der Waals surface area (Å²) in [4.78, 5) is 0. The summed E-state index contributed by atoms with van der Waals surface area (Å²) in [5.41, 5.74) is 0.514. The van der Waals surface area contributed by atoms with Crippen molar-refractivity contribution in [3.63, 3.8) is 0 Å². The first-order valence-corrected chi connectivity index (χ1v) is 4.38. The normalized spacial score (nSPS) is 9.71. The maximum atomic E-state index is 12.5. The molecule has 1 nitrogen and oxygen atoms in total. The largest absolute Gasteiger partial charge is 0.496 e. The van der Waals surface area contributed by atoms with Crippen LogP contribution in [0.2, 0.25) is 0 Å². The highest BCUT2D eigenvalue weighted by molar-refractivity contribution is 5.70. The third-order valence-corrected chi connectivity index (χ3v) is 2.01. The van der Waals surface area contributed by atoms with Gasteiger partial charge in [-0.05, 0) is 12.5 Å². The average molecular weight is 198 g/mol. The maximum Gasteiger partial charge on any atom is 0.274 e. The number of ether oxygens (including phenoxy) is 1. The van der Waals surface area contributed by atoms with Crippen LogP contribution in [-0.4, -0.2) is 7.11 Å². The molecule has 0 N–H and O–H groups in total. The van der Waals surface area contributed by atoms with Gasteiger partial charge in [0.15, 0.2) is 0 Å². The highest BCUT2D eigenvalue weighted by Gasteiger charge is 2.11. The predicted molar refractivity (Wildman–Crippen MR) is 52.4 cm³/mol. The molecule has 0 atom stereocenters. The Morgan fingerprint density at radius 1 is 1.29 bits per heavy atom. The van der Waals surface area contributed by atoms with E-state index in [4.69, 9.17) is 4.74 Å². The number of rotatable bonds is 3. The minimum Gasteiger partial charge on any atom is -0.496 e. The second kappa shape index (κ2) is 4.74. The minimum atomic E-state index is -1.64. The summed E-state index contributed by atoms with van der Waals surface area (Å²) in [6, 6.07) is 6.78. The topological polar surface area (TPSA) is 9.23 Å². The van der Waals surface area contributed by atoms with Gasteiger partial charge in [-0.1, -0.05) is 25.1 Å². The molecule has 0 aromatic heterocycles. The van der Waals surface area contributed by atoms with Crippen molar-refractivity contribution in [2.45, 2.75) is 13.3 Å². The quantitative estimate of drug-likeness (QED) is 0.719. The zero-order valence-corrected chi connectivity index (χ0v) is 8.18. The van der Waals surface area contributed by atoms with Crippen molar-refractivity contribution < 1.29 is 13.5 Å². The van der Waals surface area contributed by atoms with Gasteiger partial charge in [0.1, 0.15) is 5.75 Å². The van der Waals surface area contributed by atoms with Crippen molar-refractivity contribution in [2.24, 2.45) is 0 Å². The van der Waals surface area contributed by atoms with E-state index in [2.05, 4.69) is 0 Å². The molecule has 1 aromatic rings. The fourth-order valence-electron chi connectivity index (χ4n) is 1.32. The zero-order chi connectivity index (χ0) is 10.6. The fourth-order valence-corrected chi connectivity index (χ4v) is 1.32. The molecule has 0 aliphatic heterocycles. The number of hydrogen-bond donors (Lipinski definition) is 0. The van der Waals surface area contributed by atoms with Gasteiger partial charge in [-0.3, -0.25) is 0 Å². The van der Waals surface area contributed by atoms with E-state index in [0.29, 0.717) is 17.7 Å². The van der Waals surface area contributed by atoms with Gasteiger partial charge >= 0.3 is 0 Å². The van der Waals surface area contributed by atoms with Crippen molar-refractivity contribution in [3.8, 4) is 5.75 Å². The van der Waals surface area contributed by atoms with Crippen molar-refractivity contribution in [1.82, 2.24) is 0 Å². The molecule has 0 saturated carbocycles. The Hall–Kier alpha value is -1.38. The van der Waals surface area contributed by atoms with E-state index in [0.717, 1.165) is 0 Å². The summed E-state index contributed by atoms with van der Waals surface area (Å²) < 4.78 is 30.1. The summed E-state index contributed by atoms with van der Waals surface area (Å²) in [5, 5.41) is 0. The Kier molecular flexibility index (Phi) is 3.63. The Labute approximate surface area is 82.0 Å². The molecule has 0 fully saturated rings. The number of methoxy groups -OCH3 is 1. The van der Waals surface area contributed by atoms with Crippen LogP contribution in [0.5, 0.6) is 5.75 Å². The van der Waals surface area contributed by atoms with Crippen LogP contribution in [0.15, 0.2) is 30.3 Å². The van der Waals surface area contributed by atoms with E-state index in [1.54, 1.807) is 31.2 Å². The first-order chi connectivity index (χ1) is 6.70. The van der Waals surface area contributed by atoms with Gasteiger partial charge in [0.2, 0.25) is 0 Å². The van der Waals surface area contributed by atoms with Crippen molar-refractivity contribution >= 4 is 5.57 Å². The van der Waals surface area contributed by atoms with Crippen molar-refractivity contribution in [2.75, 3.05) is 7.11 Å². The lowest BCUT2D eigenvalue weighted by atomic mass is 10.0. The molecule has 1 aromatic carbocycles. The molecular formula is C11H12F2O. The van der Waals surface area contributed by atoms with E-state index in [-0.39, 0.29) is 5.57 Å². The summed E-state index contributed by atoms with van der Waals surface area (Å²) in [6.45, 7) is 1.70. The Morgan fingerprint density at radius 2 is 1.93 bits per heavy atom. The number of benzene rings is 1. The third-order valence-electron chi connectivity index (χ3n) is 2.01. The zero-order valence-electron chi connectivity index (χ0n) is 8.18. The first-order valence-electron chi connectivity index (χ1n) is 4.38. The van der Waals surface area contributed by atoms with Crippen LogP contribution in [-0.2, 0) is 0 Å². The SMILES string of the molecule is CCC(=C(F)F)c1ccccc1OC. The van der Waals surface area contributed by atoms with Crippen molar-refractivity contribution in [3.05, 3.63) is 35.9 Å². The highest BCUT2D eigenvalue weighted by atomic mass is 19.3. The molecule has 0 saturated heterocycles. The molecule has 0 spiro atoms. The summed E-state index contributed by atoms with van der Waals surface area (Å²) >= 11 is 0. The number of hydrogen-bond acceptors (Lipinski definition) is 1. The van der Waals surface area contributed by atoms with Gasteiger partial charge in [-0.15, -0.1) is 0 Å². The van der Waals surface area contributed by atoms with E-state index >= 15 is 0 Å². The van der Waals surface area contributed by atoms with E-state index in [9.17, 15) is 8.78 Å². The molecule has 1 rings (SSSR count). The molecule has 3 heteroatoms. The smallest absolute Gasteiger partial charge is 0.274 e. The molecule has 76 valence electrons. The maximum absolute atomic E-state index is 12.5. The minimum absolute atomic E-state index is 0.0439. The lowest BCUT2D eigenvalue weighted by Gasteiger charge is -2.09. The van der Waals surface area contributed by atoms with Gasteiger partial charge in [-0.25, -0.2) is 0 Å². The number of halogens is 2. The third kappa shape index (κ3) is 2.10. The summed E-state index contributed by atoms with van der Waals surface area (Å²) in [7, 11) is 1.47. The Balaban J connectivity index is 3.23. The van der Waals surface area contributed by atoms with Crippen LogP contribution in [0.3, 0.4) is 0 Å².